The van der Waals surface area contributed by atoms with E-state index in [0.717, 1.165) is 60.1 Å². The standard InChI is InChI=1S/C28H31N7O2/c1-20-23(27(33-34(20)2)28(36)32-22-6-5-11-30-19-22)10-17-37-25-8-4-3-7-24(25)21-9-12-31-26(18-21)35-15-13-29-14-16-35/h3-9,11-12,18-19,29H,10,13-17H2,1-2H3,(H,32,36). The van der Waals surface area contributed by atoms with Crippen LogP contribution < -0.4 is 20.3 Å². The molecular weight excluding hydrogens is 466 g/mol. The summed E-state index contributed by atoms with van der Waals surface area (Å²) >= 11 is 0. The molecule has 4 heterocycles. The van der Waals surface area contributed by atoms with Gasteiger partial charge < -0.3 is 20.3 Å². The number of hydrogen-bond donors (Lipinski definition) is 2. The Morgan fingerprint density at radius 3 is 2.76 bits per heavy atom. The van der Waals surface area contributed by atoms with Gasteiger partial charge in [-0.25, -0.2) is 4.98 Å². The van der Waals surface area contributed by atoms with Crippen molar-refractivity contribution in [2.45, 2.75) is 13.3 Å². The Labute approximate surface area is 216 Å². The van der Waals surface area contributed by atoms with Crippen molar-refractivity contribution in [3.05, 3.63) is 84.1 Å². The number of hydrogen-bond acceptors (Lipinski definition) is 7. The zero-order chi connectivity index (χ0) is 25.6. The molecule has 9 nitrogen and oxygen atoms in total. The highest BCUT2D eigenvalue weighted by Gasteiger charge is 2.20. The molecule has 1 aliphatic rings. The van der Waals surface area contributed by atoms with Crippen LogP contribution in [0.15, 0.2) is 67.1 Å². The number of rotatable bonds is 8. The van der Waals surface area contributed by atoms with Gasteiger partial charge in [0.25, 0.3) is 5.91 Å². The molecule has 5 rings (SSSR count). The molecule has 9 heteroatoms. The Hall–Kier alpha value is -4.24. The molecule has 0 unspecified atom stereocenters. The third kappa shape index (κ3) is 5.62. The molecule has 1 aliphatic heterocycles. The molecule has 37 heavy (non-hydrogen) atoms. The lowest BCUT2D eigenvalue weighted by Crippen LogP contribution is -2.43. The molecule has 4 aromatic rings. The number of nitrogens with one attached hydrogen (secondary N) is 2. The molecule has 0 atom stereocenters. The van der Waals surface area contributed by atoms with Crippen LogP contribution in [0, 0.1) is 6.92 Å². The summed E-state index contributed by atoms with van der Waals surface area (Å²) in [6, 6.07) is 15.7. The zero-order valence-corrected chi connectivity index (χ0v) is 21.1. The highest BCUT2D eigenvalue weighted by Crippen LogP contribution is 2.31. The van der Waals surface area contributed by atoms with Gasteiger partial charge in [-0.15, -0.1) is 0 Å². The van der Waals surface area contributed by atoms with Crippen molar-refractivity contribution in [3.63, 3.8) is 0 Å². The topological polar surface area (TPSA) is 97.2 Å². The number of aryl methyl sites for hydroxylation is 1. The normalized spacial score (nSPS) is 13.4. The molecule has 3 aromatic heterocycles. The van der Waals surface area contributed by atoms with Crippen LogP contribution in [0.1, 0.15) is 21.7 Å². The SMILES string of the molecule is Cc1c(CCOc2ccccc2-c2ccnc(N3CCNCC3)c2)c(C(=O)Nc2cccnc2)nn1C. The second kappa shape index (κ2) is 11.2. The molecule has 1 aromatic carbocycles. The lowest BCUT2D eigenvalue weighted by Gasteiger charge is -2.28. The van der Waals surface area contributed by atoms with Crippen LogP contribution >= 0.6 is 0 Å². The first kappa shape index (κ1) is 24.5. The predicted molar refractivity (Wildman–Crippen MR) is 144 cm³/mol. The summed E-state index contributed by atoms with van der Waals surface area (Å²) in [6.45, 7) is 6.17. The van der Waals surface area contributed by atoms with Crippen molar-refractivity contribution in [2.24, 2.45) is 7.05 Å². The molecule has 0 aliphatic carbocycles. The monoisotopic (exact) mass is 497 g/mol. The van der Waals surface area contributed by atoms with E-state index >= 15 is 0 Å². The van der Waals surface area contributed by atoms with Crippen molar-refractivity contribution < 1.29 is 9.53 Å². The molecule has 2 N–H and O–H groups in total. The fraction of sp³-hybridized carbons (Fsp3) is 0.286. The number of ether oxygens (including phenoxy) is 1. The number of aromatic nitrogens is 4. The number of para-hydroxylation sites is 1. The third-order valence-electron chi connectivity index (χ3n) is 6.59. The molecule has 1 fully saturated rings. The summed E-state index contributed by atoms with van der Waals surface area (Å²) < 4.78 is 8.01. The molecule has 0 radical (unpaired) electrons. The fourth-order valence-electron chi connectivity index (χ4n) is 4.51. The zero-order valence-electron chi connectivity index (χ0n) is 21.1. The molecule has 1 amide bonds. The van der Waals surface area contributed by atoms with Gasteiger partial charge in [0, 0.05) is 68.9 Å². The highest BCUT2D eigenvalue weighted by molar-refractivity contribution is 6.04. The maximum Gasteiger partial charge on any atom is 0.276 e. The molecule has 190 valence electrons. The fourth-order valence-corrected chi connectivity index (χ4v) is 4.51. The van der Waals surface area contributed by atoms with Crippen LogP contribution in [0.4, 0.5) is 11.5 Å². The van der Waals surface area contributed by atoms with E-state index in [1.54, 1.807) is 29.2 Å². The Bertz CT molecular complexity index is 1360. The van der Waals surface area contributed by atoms with Gasteiger partial charge in [0.15, 0.2) is 5.69 Å². The number of anilines is 2. The van der Waals surface area contributed by atoms with Crippen LogP contribution in [0.5, 0.6) is 5.75 Å². The van der Waals surface area contributed by atoms with Crippen molar-refractivity contribution >= 4 is 17.4 Å². The van der Waals surface area contributed by atoms with Crippen LogP contribution in [-0.2, 0) is 13.5 Å². The lowest BCUT2D eigenvalue weighted by molar-refractivity contribution is 0.102. The van der Waals surface area contributed by atoms with Gasteiger partial charge in [-0.3, -0.25) is 14.5 Å². The summed E-state index contributed by atoms with van der Waals surface area (Å²) in [4.78, 5) is 23.9. The van der Waals surface area contributed by atoms with Crippen molar-refractivity contribution in [3.8, 4) is 16.9 Å². The van der Waals surface area contributed by atoms with Crippen molar-refractivity contribution in [2.75, 3.05) is 43.0 Å². The number of benzene rings is 1. The van der Waals surface area contributed by atoms with Gasteiger partial charge in [0.1, 0.15) is 11.6 Å². The molecule has 0 spiro atoms. The number of pyridine rings is 2. The Morgan fingerprint density at radius 2 is 1.95 bits per heavy atom. The van der Waals surface area contributed by atoms with Crippen LogP contribution in [-0.4, -0.2) is 58.4 Å². The smallest absolute Gasteiger partial charge is 0.276 e. The second-order valence-corrected chi connectivity index (χ2v) is 8.97. The van der Waals surface area contributed by atoms with Crippen LogP contribution in [0.3, 0.4) is 0 Å². The van der Waals surface area contributed by atoms with Gasteiger partial charge in [-0.1, -0.05) is 18.2 Å². The van der Waals surface area contributed by atoms with Crippen LogP contribution in [0.2, 0.25) is 0 Å². The van der Waals surface area contributed by atoms with Gasteiger partial charge >= 0.3 is 0 Å². The van der Waals surface area contributed by atoms with E-state index in [1.807, 2.05) is 44.4 Å². The van der Waals surface area contributed by atoms with E-state index < -0.39 is 0 Å². The van der Waals surface area contributed by atoms with E-state index in [0.29, 0.717) is 24.4 Å². The minimum absolute atomic E-state index is 0.260. The van der Waals surface area contributed by atoms with E-state index in [9.17, 15) is 4.79 Å². The quantitative estimate of drug-likeness (QED) is 0.385. The summed E-state index contributed by atoms with van der Waals surface area (Å²) in [6.07, 6.45) is 5.68. The van der Waals surface area contributed by atoms with Gasteiger partial charge in [0.05, 0.1) is 18.5 Å². The summed E-state index contributed by atoms with van der Waals surface area (Å²) in [7, 11) is 1.84. The molecule has 0 bridgehead atoms. The van der Waals surface area contributed by atoms with Gasteiger partial charge in [0.2, 0.25) is 0 Å². The second-order valence-electron chi connectivity index (χ2n) is 8.97. The summed E-state index contributed by atoms with van der Waals surface area (Å²) in [5.41, 5.74) is 4.90. The molecule has 0 saturated carbocycles. The highest BCUT2D eigenvalue weighted by atomic mass is 16.5. The van der Waals surface area contributed by atoms with E-state index in [4.69, 9.17) is 4.74 Å². The number of carbonyl (C=O) groups is 1. The maximum atomic E-state index is 13.0. The molecule has 1 saturated heterocycles. The first-order chi connectivity index (χ1) is 18.1. The summed E-state index contributed by atoms with van der Waals surface area (Å²) in [5.74, 6) is 1.51. The number of nitrogens with zero attached hydrogens (tertiary/aromatic N) is 5. The van der Waals surface area contributed by atoms with Gasteiger partial charge in [-0.05, 0) is 42.8 Å². The van der Waals surface area contributed by atoms with E-state index in [2.05, 4.69) is 42.7 Å². The van der Waals surface area contributed by atoms with Crippen molar-refractivity contribution in [1.29, 1.82) is 0 Å². The van der Waals surface area contributed by atoms with E-state index in [1.165, 1.54) is 0 Å². The largest absolute Gasteiger partial charge is 0.493 e. The van der Waals surface area contributed by atoms with Crippen molar-refractivity contribution in [1.82, 2.24) is 25.1 Å². The third-order valence-corrected chi connectivity index (χ3v) is 6.59. The Balaban J connectivity index is 1.31. The molecular formula is C28H31N7O2. The minimum Gasteiger partial charge on any atom is -0.493 e. The number of piperazine rings is 1. The first-order valence-electron chi connectivity index (χ1n) is 12.5. The summed E-state index contributed by atoms with van der Waals surface area (Å²) in [5, 5.41) is 10.7. The van der Waals surface area contributed by atoms with Crippen LogP contribution in [0.25, 0.3) is 11.1 Å². The average molecular weight is 498 g/mol. The number of amides is 1. The minimum atomic E-state index is -0.260. The van der Waals surface area contributed by atoms with E-state index in [-0.39, 0.29) is 5.91 Å². The average Bonchev–Trinajstić information content (AvgIpc) is 3.23. The van der Waals surface area contributed by atoms with Gasteiger partial charge in [-0.2, -0.15) is 5.10 Å². The Kier molecular flexibility index (Phi) is 7.41. The Morgan fingerprint density at radius 1 is 1.11 bits per heavy atom. The number of carbonyl (C=O) groups excluding carboxylic acids is 1. The predicted octanol–water partition coefficient (Wildman–Crippen LogP) is 3.47. The maximum absolute atomic E-state index is 13.0. The lowest BCUT2D eigenvalue weighted by atomic mass is 10.1. The first-order valence-corrected chi connectivity index (χ1v) is 12.5.